The molecule has 0 unspecified atom stereocenters. The molecule has 1 atom stereocenters. The van der Waals surface area contributed by atoms with Gasteiger partial charge in [0.2, 0.25) is 5.82 Å². The highest BCUT2D eigenvalue weighted by Crippen LogP contribution is 2.00. The maximum absolute atomic E-state index is 11.7. The second-order valence-electron chi connectivity index (χ2n) is 4.01. The van der Waals surface area contributed by atoms with E-state index in [2.05, 4.69) is 20.5 Å². The lowest BCUT2D eigenvalue weighted by Crippen LogP contribution is -2.41. The van der Waals surface area contributed by atoms with Crippen molar-refractivity contribution < 1.29 is 14.7 Å². The van der Waals surface area contributed by atoms with Crippen molar-refractivity contribution in [3.63, 3.8) is 0 Å². The quantitative estimate of drug-likeness (QED) is 0.665. The molecule has 0 aliphatic heterocycles. The standard InChI is InChI=1S/C11H18N4O3/c1-3-5-7(11(17)18)12-10(16)9-13-8(6-4-2)14-15-9/h7H,3-6H2,1-2H3,(H,12,16)(H,17,18)(H,13,14,15)/t7-/m0/s1. The van der Waals surface area contributed by atoms with E-state index in [1.165, 1.54) is 0 Å². The fourth-order valence-corrected chi connectivity index (χ4v) is 1.51. The van der Waals surface area contributed by atoms with Crippen molar-refractivity contribution in [1.29, 1.82) is 0 Å². The summed E-state index contributed by atoms with van der Waals surface area (Å²) in [4.78, 5) is 26.6. The van der Waals surface area contributed by atoms with Crippen LogP contribution in [0.4, 0.5) is 0 Å². The van der Waals surface area contributed by atoms with E-state index in [-0.39, 0.29) is 5.82 Å². The minimum absolute atomic E-state index is 0.0131. The number of amides is 1. The van der Waals surface area contributed by atoms with Gasteiger partial charge in [0.15, 0.2) is 0 Å². The Labute approximate surface area is 105 Å². The smallest absolute Gasteiger partial charge is 0.326 e. The zero-order valence-corrected chi connectivity index (χ0v) is 10.6. The van der Waals surface area contributed by atoms with E-state index in [0.717, 1.165) is 6.42 Å². The van der Waals surface area contributed by atoms with E-state index in [0.29, 0.717) is 25.1 Å². The lowest BCUT2D eigenvalue weighted by Gasteiger charge is -2.11. The average Bonchev–Trinajstić information content (AvgIpc) is 2.77. The maximum atomic E-state index is 11.7. The fraction of sp³-hybridized carbons (Fsp3) is 0.636. The SMILES string of the molecule is CCCc1nc(C(=O)N[C@@H](CCC)C(=O)O)n[nH]1. The van der Waals surface area contributed by atoms with Gasteiger partial charge < -0.3 is 10.4 Å². The van der Waals surface area contributed by atoms with Crippen LogP contribution in [0.2, 0.25) is 0 Å². The summed E-state index contributed by atoms with van der Waals surface area (Å²) in [5.41, 5.74) is 0. The number of carboxylic acids is 1. The number of nitrogens with one attached hydrogen (secondary N) is 2. The van der Waals surface area contributed by atoms with Crippen LogP contribution in [0.5, 0.6) is 0 Å². The Kier molecular flexibility index (Phi) is 5.29. The fourth-order valence-electron chi connectivity index (χ4n) is 1.51. The highest BCUT2D eigenvalue weighted by Gasteiger charge is 2.21. The summed E-state index contributed by atoms with van der Waals surface area (Å²) in [6.45, 7) is 3.85. The molecule has 0 aromatic carbocycles. The van der Waals surface area contributed by atoms with Crippen LogP contribution in [0.3, 0.4) is 0 Å². The molecule has 3 N–H and O–H groups in total. The van der Waals surface area contributed by atoms with Crippen molar-refractivity contribution >= 4 is 11.9 Å². The minimum Gasteiger partial charge on any atom is -0.480 e. The molecular weight excluding hydrogens is 236 g/mol. The third-order valence-corrected chi connectivity index (χ3v) is 2.40. The van der Waals surface area contributed by atoms with Crippen molar-refractivity contribution in [3.8, 4) is 0 Å². The number of H-pyrrole nitrogens is 1. The lowest BCUT2D eigenvalue weighted by molar-refractivity contribution is -0.139. The highest BCUT2D eigenvalue weighted by atomic mass is 16.4. The molecule has 1 aromatic rings. The Balaban J connectivity index is 2.64. The normalized spacial score (nSPS) is 12.1. The molecule has 0 spiro atoms. The van der Waals surface area contributed by atoms with Gasteiger partial charge in [-0.05, 0) is 12.8 Å². The summed E-state index contributed by atoms with van der Waals surface area (Å²) < 4.78 is 0. The van der Waals surface area contributed by atoms with Crippen molar-refractivity contribution in [2.24, 2.45) is 0 Å². The van der Waals surface area contributed by atoms with E-state index >= 15 is 0 Å². The zero-order valence-electron chi connectivity index (χ0n) is 10.6. The van der Waals surface area contributed by atoms with Gasteiger partial charge in [-0.3, -0.25) is 9.89 Å². The highest BCUT2D eigenvalue weighted by molar-refractivity contribution is 5.93. The largest absolute Gasteiger partial charge is 0.480 e. The van der Waals surface area contributed by atoms with E-state index in [4.69, 9.17) is 5.11 Å². The molecule has 7 heteroatoms. The van der Waals surface area contributed by atoms with E-state index in [1.807, 2.05) is 13.8 Å². The van der Waals surface area contributed by atoms with Crippen molar-refractivity contribution in [1.82, 2.24) is 20.5 Å². The third-order valence-electron chi connectivity index (χ3n) is 2.40. The second kappa shape index (κ2) is 6.73. The molecule has 1 aromatic heterocycles. The van der Waals surface area contributed by atoms with Gasteiger partial charge in [0.25, 0.3) is 5.91 Å². The molecule has 1 heterocycles. The van der Waals surface area contributed by atoms with Gasteiger partial charge in [0.05, 0.1) is 0 Å². The molecule has 1 rings (SSSR count). The molecule has 0 saturated carbocycles. The molecule has 1 amide bonds. The Hall–Kier alpha value is -1.92. The van der Waals surface area contributed by atoms with Gasteiger partial charge in [-0.25, -0.2) is 9.78 Å². The Morgan fingerprint density at radius 1 is 1.39 bits per heavy atom. The van der Waals surface area contributed by atoms with Gasteiger partial charge in [-0.1, -0.05) is 20.3 Å². The summed E-state index contributed by atoms with van der Waals surface area (Å²) in [6, 6.07) is -0.893. The summed E-state index contributed by atoms with van der Waals surface area (Å²) in [5.74, 6) is -0.991. The van der Waals surface area contributed by atoms with Crippen LogP contribution >= 0.6 is 0 Å². The van der Waals surface area contributed by atoms with Gasteiger partial charge in [-0.15, -0.1) is 5.10 Å². The number of aromatic nitrogens is 3. The number of carboxylic acid groups (broad SMARTS) is 1. The van der Waals surface area contributed by atoms with Crippen molar-refractivity contribution in [3.05, 3.63) is 11.6 Å². The van der Waals surface area contributed by atoms with Crippen LogP contribution in [0, 0.1) is 0 Å². The van der Waals surface area contributed by atoms with Crippen LogP contribution in [0.1, 0.15) is 49.6 Å². The van der Waals surface area contributed by atoms with Crippen LogP contribution in [-0.4, -0.2) is 38.2 Å². The summed E-state index contributed by atoms with van der Waals surface area (Å²) in [6.07, 6.45) is 2.65. The number of hydrogen-bond acceptors (Lipinski definition) is 4. The van der Waals surface area contributed by atoms with Gasteiger partial charge in [-0.2, -0.15) is 0 Å². The lowest BCUT2D eigenvalue weighted by atomic mass is 10.1. The molecular formula is C11H18N4O3. The molecule has 18 heavy (non-hydrogen) atoms. The predicted octanol–water partition coefficient (Wildman–Crippen LogP) is 0.740. The second-order valence-corrected chi connectivity index (χ2v) is 4.01. The number of hydrogen-bond donors (Lipinski definition) is 3. The molecule has 0 aliphatic rings. The van der Waals surface area contributed by atoms with Crippen molar-refractivity contribution in [2.75, 3.05) is 0 Å². The van der Waals surface area contributed by atoms with Crippen LogP contribution in [0.15, 0.2) is 0 Å². The Bertz CT molecular complexity index is 416. The molecule has 0 radical (unpaired) electrons. The van der Waals surface area contributed by atoms with Crippen molar-refractivity contribution in [2.45, 2.75) is 45.6 Å². The zero-order chi connectivity index (χ0) is 13.5. The van der Waals surface area contributed by atoms with Crippen LogP contribution in [0.25, 0.3) is 0 Å². The number of carbonyl (C=O) groups is 2. The molecule has 100 valence electrons. The van der Waals surface area contributed by atoms with Crippen LogP contribution in [-0.2, 0) is 11.2 Å². The predicted molar refractivity (Wildman–Crippen MR) is 64.2 cm³/mol. The first-order valence-electron chi connectivity index (χ1n) is 6.03. The van der Waals surface area contributed by atoms with Gasteiger partial charge in [0.1, 0.15) is 11.9 Å². The first-order valence-corrected chi connectivity index (χ1v) is 6.03. The molecule has 0 fully saturated rings. The number of nitrogens with zero attached hydrogens (tertiary/aromatic N) is 2. The maximum Gasteiger partial charge on any atom is 0.326 e. The topological polar surface area (TPSA) is 108 Å². The Morgan fingerprint density at radius 3 is 2.67 bits per heavy atom. The van der Waals surface area contributed by atoms with Gasteiger partial charge in [0, 0.05) is 6.42 Å². The molecule has 0 aliphatic carbocycles. The number of carbonyl (C=O) groups excluding carboxylic acids is 1. The van der Waals surface area contributed by atoms with E-state index in [9.17, 15) is 9.59 Å². The number of aryl methyl sites for hydroxylation is 1. The first kappa shape index (κ1) is 14.1. The molecule has 0 saturated heterocycles. The minimum atomic E-state index is -1.05. The Morgan fingerprint density at radius 2 is 2.11 bits per heavy atom. The van der Waals surface area contributed by atoms with Crippen LogP contribution < -0.4 is 5.32 Å². The molecule has 0 bridgehead atoms. The summed E-state index contributed by atoms with van der Waals surface area (Å²) in [7, 11) is 0. The molecule has 7 nitrogen and oxygen atoms in total. The first-order chi connectivity index (χ1) is 8.58. The average molecular weight is 254 g/mol. The van der Waals surface area contributed by atoms with E-state index in [1.54, 1.807) is 0 Å². The van der Waals surface area contributed by atoms with E-state index < -0.39 is 17.9 Å². The van der Waals surface area contributed by atoms with Gasteiger partial charge >= 0.3 is 5.97 Å². The monoisotopic (exact) mass is 254 g/mol. The number of aromatic amines is 1. The number of rotatable bonds is 7. The number of aliphatic carboxylic acids is 1. The summed E-state index contributed by atoms with van der Waals surface area (Å²) >= 11 is 0. The summed E-state index contributed by atoms with van der Waals surface area (Å²) in [5, 5.41) is 17.8. The third kappa shape index (κ3) is 3.83.